The number of benzene rings is 1. The fourth-order valence-corrected chi connectivity index (χ4v) is 3.48. The van der Waals surface area contributed by atoms with Crippen molar-refractivity contribution in [3.63, 3.8) is 0 Å². The first-order chi connectivity index (χ1) is 12.2. The predicted molar refractivity (Wildman–Crippen MR) is 91.2 cm³/mol. The summed E-state index contributed by atoms with van der Waals surface area (Å²) in [4.78, 5) is 23.4. The lowest BCUT2D eigenvalue weighted by molar-refractivity contribution is -0.00576. The van der Waals surface area contributed by atoms with Gasteiger partial charge in [0.05, 0.1) is 23.9 Å². The zero-order valence-corrected chi connectivity index (χ0v) is 14.4. The number of morpholine rings is 1. The lowest BCUT2D eigenvalue weighted by Gasteiger charge is -2.33. The minimum Gasteiger partial charge on any atom is -0.377 e. The maximum atomic E-state index is 13.1. The van der Waals surface area contributed by atoms with Crippen molar-refractivity contribution in [1.29, 1.82) is 0 Å². The monoisotopic (exact) mass is 356 g/mol. The smallest absolute Gasteiger partial charge is 0.254 e. The third-order valence-electron chi connectivity index (χ3n) is 4.09. The Balaban J connectivity index is 1.63. The highest BCUT2D eigenvalue weighted by molar-refractivity contribution is 7.09. The summed E-state index contributed by atoms with van der Waals surface area (Å²) >= 11 is 1.59. The quantitative estimate of drug-likeness (QED) is 0.718. The van der Waals surface area contributed by atoms with Gasteiger partial charge in [0, 0.05) is 23.1 Å². The van der Waals surface area contributed by atoms with Gasteiger partial charge in [0.25, 0.3) is 5.91 Å². The second-order valence-electron chi connectivity index (χ2n) is 5.71. The van der Waals surface area contributed by atoms with Crippen LogP contribution in [0.15, 0.2) is 40.6 Å². The second kappa shape index (κ2) is 6.73. The number of amides is 1. The SMILES string of the molecule is Cc1nc(-c2cccc(C(=O)N3CCOCC3c3ncon3)c2)cs1. The number of ether oxygens (including phenoxy) is 1. The van der Waals surface area contributed by atoms with Crippen LogP contribution in [0.1, 0.15) is 27.2 Å². The lowest BCUT2D eigenvalue weighted by Crippen LogP contribution is -2.43. The van der Waals surface area contributed by atoms with E-state index in [9.17, 15) is 4.79 Å². The first-order valence-electron chi connectivity index (χ1n) is 7.90. The summed E-state index contributed by atoms with van der Waals surface area (Å²) in [6.45, 7) is 3.30. The molecule has 1 saturated heterocycles. The van der Waals surface area contributed by atoms with E-state index in [1.54, 1.807) is 16.2 Å². The van der Waals surface area contributed by atoms with Gasteiger partial charge in [0.1, 0.15) is 6.04 Å². The van der Waals surface area contributed by atoms with E-state index < -0.39 is 0 Å². The zero-order valence-electron chi connectivity index (χ0n) is 13.6. The average Bonchev–Trinajstić information content (AvgIpc) is 3.33. The number of carbonyl (C=O) groups excluding carboxylic acids is 1. The minimum absolute atomic E-state index is 0.0769. The van der Waals surface area contributed by atoms with Gasteiger partial charge in [-0.3, -0.25) is 4.79 Å². The van der Waals surface area contributed by atoms with E-state index in [0.29, 0.717) is 31.1 Å². The molecule has 1 unspecified atom stereocenters. The van der Waals surface area contributed by atoms with E-state index in [4.69, 9.17) is 9.26 Å². The molecule has 128 valence electrons. The molecular weight excluding hydrogens is 340 g/mol. The summed E-state index contributed by atoms with van der Waals surface area (Å²) in [5.74, 6) is 0.381. The molecule has 0 aliphatic carbocycles. The molecule has 8 heteroatoms. The molecule has 25 heavy (non-hydrogen) atoms. The summed E-state index contributed by atoms with van der Waals surface area (Å²) in [6, 6.07) is 7.18. The Kier molecular flexibility index (Phi) is 4.29. The highest BCUT2D eigenvalue weighted by atomic mass is 32.1. The standard InChI is InChI=1S/C17H16N4O3S/c1-11-19-14(9-25-11)12-3-2-4-13(7-12)17(22)21-5-6-23-8-15(21)16-18-10-24-20-16/h2-4,7,9-10,15H,5-6,8H2,1H3. The number of hydrogen-bond acceptors (Lipinski definition) is 7. The van der Waals surface area contributed by atoms with Gasteiger partial charge in [0.2, 0.25) is 6.39 Å². The Hall–Kier alpha value is -2.58. The number of nitrogens with zero attached hydrogens (tertiary/aromatic N) is 4. The molecule has 3 heterocycles. The Labute approximate surface area is 148 Å². The van der Waals surface area contributed by atoms with Crippen molar-refractivity contribution in [2.24, 2.45) is 0 Å². The second-order valence-corrected chi connectivity index (χ2v) is 6.77. The molecule has 2 aromatic heterocycles. The van der Waals surface area contributed by atoms with E-state index in [0.717, 1.165) is 16.3 Å². The number of thiazole rings is 1. The molecule has 0 spiro atoms. The van der Waals surface area contributed by atoms with E-state index >= 15 is 0 Å². The normalized spacial score (nSPS) is 17.6. The highest BCUT2D eigenvalue weighted by Crippen LogP contribution is 2.26. The molecule has 1 aliphatic rings. The van der Waals surface area contributed by atoms with Crippen LogP contribution < -0.4 is 0 Å². The molecule has 1 fully saturated rings. The molecule has 0 saturated carbocycles. The summed E-state index contributed by atoms with van der Waals surface area (Å²) in [6.07, 6.45) is 1.26. The number of aryl methyl sites for hydroxylation is 1. The van der Waals surface area contributed by atoms with E-state index in [1.165, 1.54) is 6.39 Å². The van der Waals surface area contributed by atoms with Crippen molar-refractivity contribution in [3.05, 3.63) is 52.4 Å². The molecule has 1 atom stereocenters. The van der Waals surface area contributed by atoms with E-state index in [-0.39, 0.29) is 11.9 Å². The third-order valence-corrected chi connectivity index (χ3v) is 4.86. The minimum atomic E-state index is -0.342. The number of hydrogen-bond donors (Lipinski definition) is 0. The first kappa shape index (κ1) is 15.9. The molecule has 1 aromatic carbocycles. The molecule has 1 amide bonds. The summed E-state index contributed by atoms with van der Waals surface area (Å²) in [7, 11) is 0. The molecule has 0 bridgehead atoms. The van der Waals surface area contributed by atoms with Gasteiger partial charge < -0.3 is 14.2 Å². The van der Waals surface area contributed by atoms with Gasteiger partial charge in [-0.15, -0.1) is 11.3 Å². The summed E-state index contributed by atoms with van der Waals surface area (Å²) in [5.41, 5.74) is 2.42. The fourth-order valence-electron chi connectivity index (χ4n) is 2.86. The van der Waals surface area contributed by atoms with Gasteiger partial charge in [0.15, 0.2) is 5.82 Å². The Morgan fingerprint density at radius 3 is 3.08 bits per heavy atom. The van der Waals surface area contributed by atoms with Crippen molar-refractivity contribution in [2.75, 3.05) is 19.8 Å². The van der Waals surface area contributed by atoms with Crippen LogP contribution in [0.25, 0.3) is 11.3 Å². The van der Waals surface area contributed by atoms with Gasteiger partial charge >= 0.3 is 0 Å². The topological polar surface area (TPSA) is 81.4 Å². The number of aromatic nitrogens is 3. The van der Waals surface area contributed by atoms with Gasteiger partial charge in [-0.2, -0.15) is 4.98 Å². The molecule has 0 N–H and O–H groups in total. The number of rotatable bonds is 3. The Bertz CT molecular complexity index is 878. The van der Waals surface area contributed by atoms with Gasteiger partial charge in [-0.25, -0.2) is 4.98 Å². The van der Waals surface area contributed by atoms with Crippen LogP contribution in [-0.2, 0) is 4.74 Å². The Morgan fingerprint density at radius 2 is 2.32 bits per heavy atom. The number of carbonyl (C=O) groups is 1. The van der Waals surface area contributed by atoms with Crippen molar-refractivity contribution in [3.8, 4) is 11.3 Å². The predicted octanol–water partition coefficient (Wildman–Crippen LogP) is 2.72. The van der Waals surface area contributed by atoms with Crippen LogP contribution >= 0.6 is 11.3 Å². The molecule has 3 aromatic rings. The average molecular weight is 356 g/mol. The van der Waals surface area contributed by atoms with Gasteiger partial charge in [-0.05, 0) is 19.1 Å². The van der Waals surface area contributed by atoms with Crippen LogP contribution in [0.4, 0.5) is 0 Å². The maximum absolute atomic E-state index is 13.1. The van der Waals surface area contributed by atoms with Gasteiger partial charge in [-0.1, -0.05) is 17.3 Å². The molecule has 0 radical (unpaired) electrons. The van der Waals surface area contributed by atoms with E-state index in [2.05, 4.69) is 15.1 Å². The van der Waals surface area contributed by atoms with Crippen molar-refractivity contribution in [1.82, 2.24) is 20.0 Å². The third kappa shape index (κ3) is 3.18. The van der Waals surface area contributed by atoms with Crippen LogP contribution in [0.3, 0.4) is 0 Å². The molecule has 1 aliphatic heterocycles. The zero-order chi connectivity index (χ0) is 17.2. The molecule has 7 nitrogen and oxygen atoms in total. The molecular formula is C17H16N4O3S. The van der Waals surface area contributed by atoms with Crippen LogP contribution in [-0.4, -0.2) is 45.7 Å². The van der Waals surface area contributed by atoms with Crippen molar-refractivity contribution < 1.29 is 14.1 Å². The van der Waals surface area contributed by atoms with E-state index in [1.807, 2.05) is 36.6 Å². The Morgan fingerprint density at radius 1 is 1.40 bits per heavy atom. The first-order valence-corrected chi connectivity index (χ1v) is 8.78. The lowest BCUT2D eigenvalue weighted by atomic mass is 10.1. The summed E-state index contributed by atoms with van der Waals surface area (Å²) < 4.78 is 10.3. The summed E-state index contributed by atoms with van der Waals surface area (Å²) in [5, 5.41) is 6.86. The van der Waals surface area contributed by atoms with Crippen molar-refractivity contribution >= 4 is 17.2 Å². The molecule has 4 rings (SSSR count). The van der Waals surface area contributed by atoms with Crippen molar-refractivity contribution in [2.45, 2.75) is 13.0 Å². The van der Waals surface area contributed by atoms with Crippen LogP contribution in [0, 0.1) is 6.92 Å². The maximum Gasteiger partial charge on any atom is 0.254 e. The fraction of sp³-hybridized carbons (Fsp3) is 0.294. The largest absolute Gasteiger partial charge is 0.377 e. The van der Waals surface area contributed by atoms with Crippen LogP contribution in [0.5, 0.6) is 0 Å². The van der Waals surface area contributed by atoms with Crippen LogP contribution in [0.2, 0.25) is 0 Å². The highest BCUT2D eigenvalue weighted by Gasteiger charge is 2.32.